The highest BCUT2D eigenvalue weighted by Crippen LogP contribution is 2.24. The van der Waals surface area contributed by atoms with Crippen molar-refractivity contribution in [2.45, 2.75) is 26.3 Å². The molecule has 1 fully saturated rings. The van der Waals surface area contributed by atoms with Crippen LogP contribution in [0.1, 0.15) is 24.0 Å². The quantitative estimate of drug-likeness (QED) is 0.695. The summed E-state index contributed by atoms with van der Waals surface area (Å²) in [7, 11) is 0. The number of carbonyl (C=O) groups excluding carboxylic acids is 1. The Balaban J connectivity index is 1.41. The maximum absolute atomic E-state index is 13.2. The summed E-state index contributed by atoms with van der Waals surface area (Å²) in [5.41, 5.74) is 3.06. The first-order valence-corrected chi connectivity index (χ1v) is 10.3. The van der Waals surface area contributed by atoms with Crippen LogP contribution in [-0.2, 0) is 11.3 Å². The summed E-state index contributed by atoms with van der Waals surface area (Å²) in [6.07, 6.45) is 3.51. The standard InChI is InChI=1S/C24H25FN4O/c1-17-4-2-5-18(14-17)15-27-24(30)20-6-3-13-29(16-20)22-11-12-26-23(28-22)19-7-9-21(25)10-8-19/h2,4-5,7-12,14,20H,3,6,13,15-16H2,1H3,(H,27,30)/t20-/m0/s1. The number of halogens is 1. The second-order valence-electron chi connectivity index (χ2n) is 7.74. The van der Waals surface area contributed by atoms with Gasteiger partial charge < -0.3 is 10.2 Å². The molecule has 0 unspecified atom stereocenters. The van der Waals surface area contributed by atoms with Gasteiger partial charge in [0.1, 0.15) is 11.6 Å². The number of nitrogens with zero attached hydrogens (tertiary/aromatic N) is 3. The van der Waals surface area contributed by atoms with Gasteiger partial charge in [-0.3, -0.25) is 4.79 Å². The van der Waals surface area contributed by atoms with Gasteiger partial charge in [0.25, 0.3) is 0 Å². The van der Waals surface area contributed by atoms with E-state index in [4.69, 9.17) is 0 Å². The van der Waals surface area contributed by atoms with Crippen molar-refractivity contribution in [3.05, 3.63) is 77.7 Å². The van der Waals surface area contributed by atoms with E-state index in [0.29, 0.717) is 18.9 Å². The van der Waals surface area contributed by atoms with Crippen molar-refractivity contribution in [2.24, 2.45) is 5.92 Å². The Morgan fingerprint density at radius 2 is 2.03 bits per heavy atom. The van der Waals surface area contributed by atoms with Crippen molar-refractivity contribution < 1.29 is 9.18 Å². The van der Waals surface area contributed by atoms with Crippen molar-refractivity contribution in [3.63, 3.8) is 0 Å². The van der Waals surface area contributed by atoms with E-state index < -0.39 is 0 Å². The first kappa shape index (κ1) is 20.0. The highest BCUT2D eigenvalue weighted by atomic mass is 19.1. The molecule has 1 N–H and O–H groups in total. The highest BCUT2D eigenvalue weighted by molar-refractivity contribution is 5.79. The highest BCUT2D eigenvalue weighted by Gasteiger charge is 2.26. The number of benzene rings is 2. The van der Waals surface area contributed by atoms with Gasteiger partial charge in [0.2, 0.25) is 5.91 Å². The molecule has 1 aromatic heterocycles. The molecule has 1 aliphatic heterocycles. The van der Waals surface area contributed by atoms with Gasteiger partial charge in [-0.25, -0.2) is 14.4 Å². The number of aromatic nitrogens is 2. The van der Waals surface area contributed by atoms with E-state index in [9.17, 15) is 9.18 Å². The number of hydrogen-bond donors (Lipinski definition) is 1. The van der Waals surface area contributed by atoms with Crippen molar-refractivity contribution >= 4 is 11.7 Å². The van der Waals surface area contributed by atoms with Gasteiger partial charge in [-0.1, -0.05) is 29.8 Å². The van der Waals surface area contributed by atoms with E-state index in [0.717, 1.165) is 36.3 Å². The van der Waals surface area contributed by atoms with Gasteiger partial charge >= 0.3 is 0 Å². The fraction of sp³-hybridized carbons (Fsp3) is 0.292. The predicted molar refractivity (Wildman–Crippen MR) is 115 cm³/mol. The van der Waals surface area contributed by atoms with Crippen LogP contribution in [0.2, 0.25) is 0 Å². The van der Waals surface area contributed by atoms with Crippen LogP contribution >= 0.6 is 0 Å². The summed E-state index contributed by atoms with van der Waals surface area (Å²) >= 11 is 0. The number of aryl methyl sites for hydroxylation is 1. The molecule has 0 saturated carbocycles. The zero-order chi connectivity index (χ0) is 20.9. The lowest BCUT2D eigenvalue weighted by Gasteiger charge is -2.33. The second kappa shape index (κ2) is 9.03. The summed E-state index contributed by atoms with van der Waals surface area (Å²) in [6.45, 7) is 4.06. The average Bonchev–Trinajstić information content (AvgIpc) is 2.78. The molecule has 4 rings (SSSR count). The van der Waals surface area contributed by atoms with E-state index in [1.54, 1.807) is 18.3 Å². The van der Waals surface area contributed by atoms with Gasteiger partial charge in [0.05, 0.1) is 5.92 Å². The van der Waals surface area contributed by atoms with E-state index in [1.807, 2.05) is 31.2 Å². The van der Waals surface area contributed by atoms with Crippen LogP contribution in [0.4, 0.5) is 10.2 Å². The molecule has 1 aliphatic rings. The van der Waals surface area contributed by atoms with Crippen molar-refractivity contribution in [3.8, 4) is 11.4 Å². The summed E-state index contributed by atoms with van der Waals surface area (Å²) in [4.78, 5) is 23.9. The molecule has 2 aromatic carbocycles. The van der Waals surface area contributed by atoms with E-state index in [2.05, 4.69) is 26.3 Å². The summed E-state index contributed by atoms with van der Waals surface area (Å²) in [5.74, 6) is 1.06. The Hall–Kier alpha value is -3.28. The minimum atomic E-state index is -0.287. The van der Waals surface area contributed by atoms with Gasteiger partial charge in [-0.15, -0.1) is 0 Å². The molecule has 5 nitrogen and oxygen atoms in total. The summed E-state index contributed by atoms with van der Waals surface area (Å²) in [6, 6.07) is 16.2. The molecule has 30 heavy (non-hydrogen) atoms. The van der Waals surface area contributed by atoms with Crippen LogP contribution in [0.5, 0.6) is 0 Å². The van der Waals surface area contributed by atoms with E-state index in [1.165, 1.54) is 17.7 Å². The Bertz CT molecular complexity index is 1020. The van der Waals surface area contributed by atoms with Gasteiger partial charge in [0.15, 0.2) is 5.82 Å². The summed E-state index contributed by atoms with van der Waals surface area (Å²) in [5, 5.41) is 3.08. The van der Waals surface area contributed by atoms with Crippen molar-refractivity contribution in [1.82, 2.24) is 15.3 Å². The molecule has 6 heteroatoms. The minimum absolute atomic E-state index is 0.0761. The van der Waals surface area contributed by atoms with Crippen LogP contribution in [-0.4, -0.2) is 29.0 Å². The van der Waals surface area contributed by atoms with E-state index in [-0.39, 0.29) is 17.6 Å². The smallest absolute Gasteiger partial charge is 0.225 e. The van der Waals surface area contributed by atoms with E-state index >= 15 is 0 Å². The molecule has 0 bridgehead atoms. The molecular formula is C24H25FN4O. The molecule has 1 atom stereocenters. The molecule has 1 saturated heterocycles. The molecule has 1 amide bonds. The van der Waals surface area contributed by atoms with Crippen molar-refractivity contribution in [2.75, 3.05) is 18.0 Å². The lowest BCUT2D eigenvalue weighted by atomic mass is 9.97. The minimum Gasteiger partial charge on any atom is -0.356 e. The lowest BCUT2D eigenvalue weighted by Crippen LogP contribution is -2.43. The molecular weight excluding hydrogens is 379 g/mol. The number of anilines is 1. The molecule has 0 aliphatic carbocycles. The third-order valence-corrected chi connectivity index (χ3v) is 5.41. The van der Waals surface area contributed by atoms with Gasteiger partial charge in [0, 0.05) is 31.4 Å². The third kappa shape index (κ3) is 4.82. The first-order valence-electron chi connectivity index (χ1n) is 10.3. The molecule has 154 valence electrons. The number of piperidine rings is 1. The van der Waals surface area contributed by atoms with Gasteiger partial charge in [-0.2, -0.15) is 0 Å². The topological polar surface area (TPSA) is 58.1 Å². The van der Waals surface area contributed by atoms with Crippen LogP contribution in [0.15, 0.2) is 60.8 Å². The molecule has 0 spiro atoms. The zero-order valence-electron chi connectivity index (χ0n) is 17.0. The molecule has 2 heterocycles. The lowest BCUT2D eigenvalue weighted by molar-refractivity contribution is -0.125. The SMILES string of the molecule is Cc1cccc(CNC(=O)[C@H]2CCCN(c3ccnc(-c4ccc(F)cc4)n3)C2)c1. The second-order valence-corrected chi connectivity index (χ2v) is 7.74. The number of carbonyl (C=O) groups is 1. The number of rotatable bonds is 5. The summed E-state index contributed by atoms with van der Waals surface area (Å²) < 4.78 is 13.2. The van der Waals surface area contributed by atoms with Crippen LogP contribution in [0.25, 0.3) is 11.4 Å². The monoisotopic (exact) mass is 404 g/mol. The Labute approximate surface area is 176 Å². The number of hydrogen-bond acceptors (Lipinski definition) is 4. The number of nitrogens with one attached hydrogen (secondary N) is 1. The third-order valence-electron chi connectivity index (χ3n) is 5.41. The normalized spacial score (nSPS) is 16.3. The largest absolute Gasteiger partial charge is 0.356 e. The first-order chi connectivity index (χ1) is 14.6. The van der Waals surface area contributed by atoms with Crippen LogP contribution in [0.3, 0.4) is 0 Å². The maximum atomic E-state index is 13.2. The number of amides is 1. The Morgan fingerprint density at radius 3 is 2.83 bits per heavy atom. The molecule has 3 aromatic rings. The fourth-order valence-electron chi connectivity index (χ4n) is 3.82. The maximum Gasteiger partial charge on any atom is 0.225 e. The predicted octanol–water partition coefficient (Wildman–Crippen LogP) is 4.12. The Kier molecular flexibility index (Phi) is 6.02. The van der Waals surface area contributed by atoms with Crippen LogP contribution in [0, 0.1) is 18.7 Å². The van der Waals surface area contributed by atoms with Crippen LogP contribution < -0.4 is 10.2 Å². The van der Waals surface area contributed by atoms with Crippen molar-refractivity contribution in [1.29, 1.82) is 0 Å². The fourth-order valence-corrected chi connectivity index (χ4v) is 3.82. The molecule has 0 radical (unpaired) electrons. The van der Waals surface area contributed by atoms with Gasteiger partial charge in [-0.05, 0) is 55.7 Å². The Morgan fingerprint density at radius 1 is 1.20 bits per heavy atom. The average molecular weight is 404 g/mol. The zero-order valence-corrected chi connectivity index (χ0v) is 17.0.